The molecule has 74 valence electrons. The van der Waals surface area contributed by atoms with E-state index in [2.05, 4.69) is 0 Å². The third-order valence-electron chi connectivity index (χ3n) is 1.79. The van der Waals surface area contributed by atoms with Gasteiger partial charge in [0.1, 0.15) is 0 Å². The van der Waals surface area contributed by atoms with Gasteiger partial charge in [-0.05, 0) is 0 Å². The molecule has 0 aromatic heterocycles. The van der Waals surface area contributed by atoms with E-state index in [0.717, 1.165) is 6.66 Å². The van der Waals surface area contributed by atoms with Gasteiger partial charge < -0.3 is 0 Å². The monoisotopic (exact) mass is 222 g/mol. The Morgan fingerprint density at radius 1 is 1.08 bits per heavy atom. The minimum absolute atomic E-state index is 0.185. The van der Waals surface area contributed by atoms with Crippen molar-refractivity contribution in [2.24, 2.45) is 0 Å². The van der Waals surface area contributed by atoms with Crippen molar-refractivity contribution in [1.29, 1.82) is 0 Å². The van der Waals surface area contributed by atoms with Gasteiger partial charge in [-0.3, -0.25) is 0 Å². The first kappa shape index (κ1) is 11.0. The van der Waals surface area contributed by atoms with E-state index in [1.165, 1.54) is 12.1 Å². The average Bonchev–Trinajstić information content (AvgIpc) is 2.05. The molecule has 0 aliphatic rings. The maximum atomic E-state index is 9.74. The van der Waals surface area contributed by atoms with Gasteiger partial charge in [0.05, 0.1) is 0 Å². The summed E-state index contributed by atoms with van der Waals surface area (Å²) in [6, 6.07) is 7.89. The molecule has 0 saturated heterocycles. The first-order valence-corrected chi connectivity index (χ1v) is 8.12. The normalized spacial score (nSPS) is 15.4. The fourth-order valence-corrected chi connectivity index (χ4v) is 2.98. The predicted octanol–water partition coefficient (Wildman–Crippen LogP) is 0.521. The summed E-state index contributed by atoms with van der Waals surface area (Å²) >= 11 is 0. The van der Waals surface area contributed by atoms with E-state index in [0.29, 0.717) is 0 Å². The van der Waals surface area contributed by atoms with E-state index < -0.39 is 14.8 Å². The van der Waals surface area contributed by atoms with E-state index in [9.17, 15) is 9.79 Å². The molecule has 0 aliphatic carbocycles. The molecule has 0 unspecified atom stereocenters. The number of benzene rings is 1. The first-order valence-electron chi connectivity index (χ1n) is 3.58. The van der Waals surface area contributed by atoms with Gasteiger partial charge in [-0.1, -0.05) is 0 Å². The van der Waals surface area contributed by atoms with Gasteiger partial charge in [0.15, 0.2) is 0 Å². The summed E-state index contributed by atoms with van der Waals surface area (Å²) in [4.78, 5) is 37.4. The van der Waals surface area contributed by atoms with Crippen LogP contribution in [-0.4, -0.2) is 26.2 Å². The van der Waals surface area contributed by atoms with Crippen LogP contribution in [0.4, 0.5) is 0 Å². The molecule has 0 heterocycles. The Hall–Kier alpha value is -0.0800. The fourth-order valence-electron chi connectivity index (χ4n) is 0.880. The van der Waals surface area contributed by atoms with Crippen LogP contribution in [0.3, 0.4) is 0 Å². The molecule has 6 heteroatoms. The van der Waals surface area contributed by atoms with Crippen molar-refractivity contribution in [1.82, 2.24) is 0 Å². The van der Waals surface area contributed by atoms with Gasteiger partial charge in [-0.15, -0.1) is 0 Å². The molecule has 1 aromatic carbocycles. The Morgan fingerprint density at radius 2 is 1.54 bits per heavy atom. The minimum atomic E-state index is -4.45. The van der Waals surface area contributed by atoms with E-state index in [1.807, 2.05) is 0 Å². The topological polar surface area (TPSA) is 80.9 Å². The first-order chi connectivity index (χ1) is 5.83. The molecule has 0 amide bonds. The van der Waals surface area contributed by atoms with E-state index in [-0.39, 0.29) is 5.30 Å². The molecule has 0 aliphatic heterocycles. The predicted molar refractivity (Wildman–Crippen MR) is 54.7 cm³/mol. The van der Waals surface area contributed by atoms with Gasteiger partial charge in [-0.2, -0.15) is 0 Å². The van der Waals surface area contributed by atoms with Crippen LogP contribution in [0.5, 0.6) is 0 Å². The molecule has 0 fully saturated rings. The fraction of sp³-hybridized carbons (Fsp3) is 0.143. The number of hydrogen-bond donors (Lipinski definition) is 4. The third kappa shape index (κ3) is 2.05. The molecule has 1 rings (SSSR count). The van der Waals surface area contributed by atoms with Crippen molar-refractivity contribution in [3.05, 3.63) is 30.3 Å². The van der Waals surface area contributed by atoms with Crippen molar-refractivity contribution in [2.45, 2.75) is 0 Å². The SMILES string of the molecule is CP(O)(O)(c1ccccc1)P(O)O. The summed E-state index contributed by atoms with van der Waals surface area (Å²) in [6.45, 7) is -3.36. The summed E-state index contributed by atoms with van der Waals surface area (Å²) in [6.07, 6.45) is 0. The van der Waals surface area contributed by atoms with Crippen molar-refractivity contribution in [2.75, 3.05) is 6.66 Å². The van der Waals surface area contributed by atoms with E-state index >= 15 is 0 Å². The standard InChI is InChI=1S/C7H12O4P2/c1-13(10,11,12(8)9)7-5-3-2-4-6-7/h2-6,8-11H,1H3. The third-order valence-corrected chi connectivity index (χ3v) is 7.42. The average molecular weight is 222 g/mol. The van der Waals surface area contributed by atoms with Crippen LogP contribution < -0.4 is 5.30 Å². The Morgan fingerprint density at radius 3 is 1.92 bits per heavy atom. The van der Waals surface area contributed by atoms with Gasteiger partial charge in [0.2, 0.25) is 0 Å². The van der Waals surface area contributed by atoms with Gasteiger partial charge in [0, 0.05) is 0 Å². The molecule has 0 saturated carbocycles. The zero-order chi connectivity index (χ0) is 10.1. The van der Waals surface area contributed by atoms with Crippen LogP contribution in [0, 0.1) is 0 Å². The zero-order valence-corrected chi connectivity index (χ0v) is 8.86. The Kier molecular flexibility index (Phi) is 2.75. The van der Waals surface area contributed by atoms with Crippen LogP contribution >= 0.6 is 14.8 Å². The van der Waals surface area contributed by atoms with Crippen molar-refractivity contribution < 1.29 is 19.6 Å². The second-order valence-corrected chi connectivity index (χ2v) is 10.8. The van der Waals surface area contributed by atoms with Crippen LogP contribution in [0.1, 0.15) is 0 Å². The van der Waals surface area contributed by atoms with Crippen LogP contribution in [0.25, 0.3) is 0 Å². The van der Waals surface area contributed by atoms with Crippen LogP contribution in [0.2, 0.25) is 0 Å². The van der Waals surface area contributed by atoms with Gasteiger partial charge in [-0.25, -0.2) is 0 Å². The molecule has 0 bridgehead atoms. The van der Waals surface area contributed by atoms with Gasteiger partial charge >= 0.3 is 76.7 Å². The quantitative estimate of drug-likeness (QED) is 0.550. The number of hydrogen-bond acceptors (Lipinski definition) is 4. The molecular formula is C7H12O4P2. The van der Waals surface area contributed by atoms with Crippen LogP contribution in [-0.2, 0) is 0 Å². The van der Waals surface area contributed by atoms with E-state index in [4.69, 9.17) is 9.79 Å². The molecule has 4 nitrogen and oxygen atoms in total. The Balaban J connectivity index is 3.21. The van der Waals surface area contributed by atoms with Crippen molar-refractivity contribution in [3.8, 4) is 0 Å². The van der Waals surface area contributed by atoms with Crippen molar-refractivity contribution >= 4 is 20.1 Å². The molecule has 0 radical (unpaired) electrons. The molecule has 1 aromatic rings. The summed E-state index contributed by atoms with van der Waals surface area (Å²) in [5.74, 6) is 0. The summed E-state index contributed by atoms with van der Waals surface area (Å²) < 4.78 is 0. The summed E-state index contributed by atoms with van der Waals surface area (Å²) in [7, 11) is -2.76. The number of rotatable bonds is 2. The van der Waals surface area contributed by atoms with Crippen LogP contribution in [0.15, 0.2) is 30.3 Å². The second-order valence-electron chi connectivity index (χ2n) is 3.00. The van der Waals surface area contributed by atoms with Gasteiger partial charge in [0.25, 0.3) is 0 Å². The van der Waals surface area contributed by atoms with E-state index in [1.54, 1.807) is 18.2 Å². The molecule has 0 spiro atoms. The Bertz CT molecular complexity index is 290. The zero-order valence-electron chi connectivity index (χ0n) is 7.07. The Labute approximate surface area is 77.4 Å². The van der Waals surface area contributed by atoms with Crippen molar-refractivity contribution in [3.63, 3.8) is 0 Å². The summed E-state index contributed by atoms with van der Waals surface area (Å²) in [5.41, 5.74) is 0. The molecule has 0 atom stereocenters. The molecular weight excluding hydrogens is 210 g/mol. The summed E-state index contributed by atoms with van der Waals surface area (Å²) in [5, 5.41) is 0.185. The molecule has 13 heavy (non-hydrogen) atoms. The molecule has 4 N–H and O–H groups in total. The second kappa shape index (κ2) is 3.25. The maximum absolute atomic E-state index is 9.74.